The van der Waals surface area contributed by atoms with Gasteiger partial charge in [0.2, 0.25) is 0 Å². The normalized spacial score (nSPS) is 25.4. The minimum Gasteiger partial charge on any atom is -0.490 e. The number of rotatable bonds is 4. The molecule has 2 aliphatic rings. The Kier molecular flexibility index (Phi) is 3.96. The molecule has 0 bridgehead atoms. The maximum atomic E-state index is 11.3. The van der Waals surface area contributed by atoms with Crippen molar-refractivity contribution in [1.29, 1.82) is 0 Å². The number of piperidine rings is 1. The second-order valence-corrected chi connectivity index (χ2v) is 5.81. The standard InChI is InChI=1S/C15H21N3O3/c1-21-14-6-2-5-13(15(14)18(19)20)16-11-7-9-17-8-3-4-12(17)10-11/h2,5-6,11-12,16H,3-4,7-10H2,1H3. The number of anilines is 1. The molecule has 2 fully saturated rings. The van der Waals surface area contributed by atoms with Gasteiger partial charge in [0.15, 0.2) is 5.75 Å². The summed E-state index contributed by atoms with van der Waals surface area (Å²) in [5.74, 6) is 0.309. The molecule has 0 aliphatic carbocycles. The Hall–Kier alpha value is -1.82. The van der Waals surface area contributed by atoms with Gasteiger partial charge in [0.05, 0.1) is 12.0 Å². The van der Waals surface area contributed by atoms with Crippen molar-refractivity contribution in [3.05, 3.63) is 28.3 Å². The first-order chi connectivity index (χ1) is 10.2. The number of nitro groups is 1. The molecule has 0 amide bonds. The highest BCUT2D eigenvalue weighted by molar-refractivity contribution is 5.68. The molecule has 0 aromatic heterocycles. The Bertz CT molecular complexity index is 535. The molecule has 0 radical (unpaired) electrons. The second-order valence-electron chi connectivity index (χ2n) is 5.81. The maximum Gasteiger partial charge on any atom is 0.333 e. The summed E-state index contributed by atoms with van der Waals surface area (Å²) >= 11 is 0. The molecule has 2 atom stereocenters. The number of hydrogen-bond acceptors (Lipinski definition) is 5. The molecule has 2 unspecified atom stereocenters. The fourth-order valence-corrected chi connectivity index (χ4v) is 3.57. The Labute approximate surface area is 124 Å². The summed E-state index contributed by atoms with van der Waals surface area (Å²) in [7, 11) is 1.46. The molecule has 0 spiro atoms. The molecule has 6 heteroatoms. The fraction of sp³-hybridized carbons (Fsp3) is 0.600. The summed E-state index contributed by atoms with van der Waals surface area (Å²) in [4.78, 5) is 13.5. The van der Waals surface area contributed by atoms with Crippen LogP contribution in [0.3, 0.4) is 0 Å². The van der Waals surface area contributed by atoms with Gasteiger partial charge in [0, 0.05) is 18.6 Å². The molecule has 6 nitrogen and oxygen atoms in total. The van der Waals surface area contributed by atoms with Crippen LogP contribution in [-0.2, 0) is 0 Å². The number of nitro benzene ring substituents is 1. The Morgan fingerprint density at radius 1 is 1.38 bits per heavy atom. The molecule has 2 heterocycles. The first-order valence-electron chi connectivity index (χ1n) is 7.51. The van der Waals surface area contributed by atoms with E-state index in [1.807, 2.05) is 0 Å². The number of nitrogens with one attached hydrogen (secondary N) is 1. The minimum atomic E-state index is -0.369. The number of ether oxygens (including phenoxy) is 1. The Balaban J connectivity index is 1.77. The second kappa shape index (κ2) is 5.89. The SMILES string of the molecule is COc1cccc(NC2CCN3CCCC3C2)c1[N+](=O)[O-]. The van der Waals surface area contributed by atoms with E-state index in [1.54, 1.807) is 18.2 Å². The molecule has 2 aliphatic heterocycles. The molecule has 1 aromatic carbocycles. The van der Waals surface area contributed by atoms with Gasteiger partial charge in [-0.1, -0.05) is 6.07 Å². The minimum absolute atomic E-state index is 0.0360. The summed E-state index contributed by atoms with van der Waals surface area (Å²) in [6, 6.07) is 6.12. The molecular formula is C15H21N3O3. The molecule has 2 saturated heterocycles. The van der Waals surface area contributed by atoms with Crippen molar-refractivity contribution in [3.8, 4) is 5.75 Å². The van der Waals surface area contributed by atoms with E-state index in [-0.39, 0.29) is 10.6 Å². The highest BCUT2D eigenvalue weighted by atomic mass is 16.6. The zero-order valence-electron chi connectivity index (χ0n) is 12.2. The predicted molar refractivity (Wildman–Crippen MR) is 80.9 cm³/mol. The number of para-hydroxylation sites is 1. The topological polar surface area (TPSA) is 67.6 Å². The largest absolute Gasteiger partial charge is 0.490 e. The molecule has 3 rings (SSSR count). The van der Waals surface area contributed by atoms with Crippen molar-refractivity contribution >= 4 is 11.4 Å². The lowest BCUT2D eigenvalue weighted by Gasteiger charge is -2.35. The zero-order valence-corrected chi connectivity index (χ0v) is 12.2. The van der Waals surface area contributed by atoms with Crippen LogP contribution in [0.15, 0.2) is 18.2 Å². The van der Waals surface area contributed by atoms with Crippen LogP contribution in [0.1, 0.15) is 25.7 Å². The van der Waals surface area contributed by atoms with Crippen LogP contribution < -0.4 is 10.1 Å². The lowest BCUT2D eigenvalue weighted by molar-refractivity contribution is -0.384. The zero-order chi connectivity index (χ0) is 14.8. The highest BCUT2D eigenvalue weighted by Crippen LogP contribution is 2.36. The average molecular weight is 291 g/mol. The molecule has 1 N–H and O–H groups in total. The van der Waals surface area contributed by atoms with Crippen molar-refractivity contribution in [3.63, 3.8) is 0 Å². The van der Waals surface area contributed by atoms with Gasteiger partial charge in [0.25, 0.3) is 0 Å². The summed E-state index contributed by atoms with van der Waals surface area (Å²) < 4.78 is 5.12. The molecule has 21 heavy (non-hydrogen) atoms. The van der Waals surface area contributed by atoms with Gasteiger partial charge in [0.1, 0.15) is 5.69 Å². The van der Waals surface area contributed by atoms with E-state index in [0.29, 0.717) is 23.5 Å². The van der Waals surface area contributed by atoms with E-state index in [1.165, 1.54) is 26.5 Å². The van der Waals surface area contributed by atoms with Gasteiger partial charge in [-0.3, -0.25) is 10.1 Å². The lowest BCUT2D eigenvalue weighted by atomic mass is 9.97. The quantitative estimate of drug-likeness (QED) is 0.682. The van der Waals surface area contributed by atoms with Crippen LogP contribution in [0.2, 0.25) is 0 Å². The van der Waals surface area contributed by atoms with Crippen molar-refractivity contribution in [2.45, 2.75) is 37.8 Å². The average Bonchev–Trinajstić information content (AvgIpc) is 2.94. The van der Waals surface area contributed by atoms with Crippen molar-refractivity contribution < 1.29 is 9.66 Å². The summed E-state index contributed by atoms with van der Waals surface area (Å²) in [5.41, 5.74) is 0.602. The first-order valence-corrected chi connectivity index (χ1v) is 7.51. The number of methoxy groups -OCH3 is 1. The smallest absolute Gasteiger partial charge is 0.333 e. The third-order valence-electron chi connectivity index (χ3n) is 4.58. The first kappa shape index (κ1) is 14.1. The number of nitrogens with zero attached hydrogens (tertiary/aromatic N) is 2. The van der Waals surface area contributed by atoms with Gasteiger partial charge in [-0.15, -0.1) is 0 Å². The third-order valence-corrected chi connectivity index (χ3v) is 4.58. The number of fused-ring (bicyclic) bond motifs is 1. The fourth-order valence-electron chi connectivity index (χ4n) is 3.57. The highest BCUT2D eigenvalue weighted by Gasteiger charge is 2.32. The van der Waals surface area contributed by atoms with Crippen LogP contribution in [0.4, 0.5) is 11.4 Å². The number of benzene rings is 1. The number of hydrogen-bond donors (Lipinski definition) is 1. The van der Waals surface area contributed by atoms with Crippen molar-refractivity contribution in [1.82, 2.24) is 4.90 Å². The van der Waals surface area contributed by atoms with Gasteiger partial charge in [-0.25, -0.2) is 0 Å². The van der Waals surface area contributed by atoms with Gasteiger partial charge in [-0.2, -0.15) is 0 Å². The van der Waals surface area contributed by atoms with E-state index in [4.69, 9.17) is 4.74 Å². The molecule has 0 saturated carbocycles. The molecule has 114 valence electrons. The van der Waals surface area contributed by atoms with Crippen LogP contribution in [0.5, 0.6) is 5.75 Å². The third kappa shape index (κ3) is 2.81. The predicted octanol–water partition coefficient (Wildman–Crippen LogP) is 2.64. The summed E-state index contributed by atoms with van der Waals surface area (Å²) in [5, 5.41) is 14.7. The molecule has 1 aromatic rings. The maximum absolute atomic E-state index is 11.3. The van der Waals surface area contributed by atoms with Gasteiger partial charge < -0.3 is 15.0 Å². The monoisotopic (exact) mass is 291 g/mol. The van der Waals surface area contributed by atoms with Gasteiger partial charge >= 0.3 is 5.69 Å². The van der Waals surface area contributed by atoms with Crippen molar-refractivity contribution in [2.24, 2.45) is 0 Å². The van der Waals surface area contributed by atoms with E-state index in [9.17, 15) is 10.1 Å². The van der Waals surface area contributed by atoms with E-state index < -0.39 is 0 Å². The molecular weight excluding hydrogens is 270 g/mol. The van der Waals surface area contributed by atoms with Crippen LogP contribution in [0.25, 0.3) is 0 Å². The van der Waals surface area contributed by atoms with Crippen LogP contribution in [-0.4, -0.2) is 42.1 Å². The van der Waals surface area contributed by atoms with E-state index in [2.05, 4.69) is 10.2 Å². The summed E-state index contributed by atoms with van der Waals surface area (Å²) in [6.07, 6.45) is 4.62. The Morgan fingerprint density at radius 2 is 2.24 bits per heavy atom. The van der Waals surface area contributed by atoms with Crippen molar-refractivity contribution in [2.75, 3.05) is 25.5 Å². The summed E-state index contributed by atoms with van der Waals surface area (Å²) in [6.45, 7) is 2.29. The van der Waals surface area contributed by atoms with E-state index >= 15 is 0 Å². The van der Waals surface area contributed by atoms with Crippen LogP contribution >= 0.6 is 0 Å². The Morgan fingerprint density at radius 3 is 3.00 bits per heavy atom. The van der Waals surface area contributed by atoms with Gasteiger partial charge in [-0.05, 0) is 44.4 Å². The van der Waals surface area contributed by atoms with E-state index in [0.717, 1.165) is 19.4 Å². The van der Waals surface area contributed by atoms with Crippen LogP contribution in [0, 0.1) is 10.1 Å². The lowest BCUT2D eigenvalue weighted by Crippen LogP contribution is -2.42.